The highest BCUT2D eigenvalue weighted by atomic mass is 33.1. The predicted molar refractivity (Wildman–Crippen MR) is 114 cm³/mol. The van der Waals surface area contributed by atoms with Crippen molar-refractivity contribution in [3.8, 4) is 11.5 Å². The van der Waals surface area contributed by atoms with Gasteiger partial charge in [0.1, 0.15) is 11.5 Å². The smallest absolute Gasteiger partial charge is 0.187 e. The van der Waals surface area contributed by atoms with Crippen molar-refractivity contribution in [3.05, 3.63) is 80.3 Å². The summed E-state index contributed by atoms with van der Waals surface area (Å²) < 4.78 is 12.0. The van der Waals surface area contributed by atoms with Crippen molar-refractivity contribution >= 4 is 44.9 Å². The first-order valence-corrected chi connectivity index (χ1v) is 10.9. The molecule has 2 aromatic carbocycles. The summed E-state index contributed by atoms with van der Waals surface area (Å²) in [5.41, 5.74) is 1.14. The Morgan fingerprint density at radius 1 is 0.778 bits per heavy atom. The number of methoxy groups -OCH3 is 2. The third-order valence-electron chi connectivity index (χ3n) is 3.61. The van der Waals surface area contributed by atoms with Crippen molar-refractivity contribution in [2.24, 2.45) is 0 Å². The number of hydrogen-bond acceptors (Lipinski definition) is 7. The van der Waals surface area contributed by atoms with Gasteiger partial charge >= 0.3 is 0 Å². The van der Waals surface area contributed by atoms with Gasteiger partial charge in [0.05, 0.1) is 22.7 Å². The predicted octanol–water partition coefficient (Wildman–Crippen LogP) is 5.58. The maximum atomic E-state index is 12.4. The van der Waals surface area contributed by atoms with E-state index in [0.29, 0.717) is 22.6 Å². The number of ether oxygens (including phenoxy) is 2. The number of thioether (sulfide) groups is 1. The Labute approximate surface area is 169 Å². The summed E-state index contributed by atoms with van der Waals surface area (Å²) in [4.78, 5) is 24.8. The molecule has 0 bridgehead atoms. The Hall–Kier alpha value is -2.09. The first-order chi connectivity index (χ1) is 13.1. The number of carbonyl (C=O) groups is 2. The van der Waals surface area contributed by atoms with Crippen LogP contribution in [0.3, 0.4) is 0 Å². The van der Waals surface area contributed by atoms with Crippen LogP contribution in [0.1, 0.15) is 20.7 Å². The van der Waals surface area contributed by atoms with Crippen LogP contribution in [-0.2, 0) is 0 Å². The van der Waals surface area contributed by atoms with E-state index in [4.69, 9.17) is 9.47 Å². The van der Waals surface area contributed by atoms with Gasteiger partial charge < -0.3 is 9.47 Å². The maximum Gasteiger partial charge on any atom is 0.187 e. The molecule has 27 heavy (non-hydrogen) atoms. The average molecular weight is 417 g/mol. The van der Waals surface area contributed by atoms with Crippen LogP contribution in [0.15, 0.2) is 69.2 Å². The highest BCUT2D eigenvalue weighted by molar-refractivity contribution is 8.86. The fourth-order valence-electron chi connectivity index (χ4n) is 2.26. The standard InChI is InChI=1S/C20H16O4S3/c1-23-15-7-3-5-13(9-15)17(21)11-19-25-20(27-26-19)12-18(22)14-6-4-8-16(10-14)24-2/h3-12H,1-2H3/b19-11-,20-12+. The fraction of sp³-hybridized carbons (Fsp3) is 0.100. The lowest BCUT2D eigenvalue weighted by atomic mass is 10.1. The lowest BCUT2D eigenvalue weighted by molar-refractivity contribution is 0.103. The summed E-state index contributed by atoms with van der Waals surface area (Å²) in [6.45, 7) is 0. The molecule has 0 aliphatic carbocycles. The van der Waals surface area contributed by atoms with Crippen molar-refractivity contribution in [2.45, 2.75) is 0 Å². The second-order valence-corrected chi connectivity index (χ2v) is 9.20. The van der Waals surface area contributed by atoms with Crippen LogP contribution in [0.2, 0.25) is 0 Å². The quantitative estimate of drug-likeness (QED) is 0.346. The highest BCUT2D eigenvalue weighted by Crippen LogP contribution is 2.56. The molecule has 1 heterocycles. The van der Waals surface area contributed by atoms with Gasteiger partial charge in [0, 0.05) is 23.3 Å². The monoisotopic (exact) mass is 416 g/mol. The van der Waals surface area contributed by atoms with E-state index >= 15 is 0 Å². The van der Waals surface area contributed by atoms with E-state index in [9.17, 15) is 9.59 Å². The molecule has 0 spiro atoms. The molecule has 0 N–H and O–H groups in total. The van der Waals surface area contributed by atoms with Crippen LogP contribution < -0.4 is 9.47 Å². The molecule has 1 aliphatic heterocycles. The molecular weight excluding hydrogens is 400 g/mol. The van der Waals surface area contributed by atoms with Crippen LogP contribution in [0.25, 0.3) is 0 Å². The van der Waals surface area contributed by atoms with E-state index in [-0.39, 0.29) is 11.6 Å². The van der Waals surface area contributed by atoms with E-state index in [0.717, 1.165) is 8.47 Å². The summed E-state index contributed by atoms with van der Waals surface area (Å²) in [5.74, 6) is 1.10. The number of allylic oxidation sites excluding steroid dienone is 2. The molecule has 1 fully saturated rings. The van der Waals surface area contributed by atoms with Gasteiger partial charge in [0.2, 0.25) is 0 Å². The van der Waals surface area contributed by atoms with Crippen LogP contribution in [0, 0.1) is 0 Å². The van der Waals surface area contributed by atoms with Gasteiger partial charge in [0.25, 0.3) is 0 Å². The zero-order valence-electron chi connectivity index (χ0n) is 14.6. The summed E-state index contributed by atoms with van der Waals surface area (Å²) in [6.07, 6.45) is 3.18. The molecule has 1 aliphatic rings. The topological polar surface area (TPSA) is 52.6 Å². The molecule has 0 aromatic heterocycles. The molecule has 3 rings (SSSR count). The Balaban J connectivity index is 1.69. The molecule has 1 saturated heterocycles. The molecule has 0 atom stereocenters. The minimum absolute atomic E-state index is 0.0927. The van der Waals surface area contributed by atoms with Gasteiger partial charge in [0.15, 0.2) is 11.6 Å². The molecule has 138 valence electrons. The molecular formula is C20H16O4S3. The molecule has 7 heteroatoms. The minimum Gasteiger partial charge on any atom is -0.497 e. The number of benzene rings is 2. The zero-order valence-corrected chi connectivity index (χ0v) is 17.1. The lowest BCUT2D eigenvalue weighted by Gasteiger charge is -2.02. The second kappa shape index (κ2) is 9.21. The molecule has 0 saturated carbocycles. The molecule has 0 unspecified atom stereocenters. The van der Waals surface area contributed by atoms with Crippen molar-refractivity contribution in [1.29, 1.82) is 0 Å². The van der Waals surface area contributed by atoms with Crippen LogP contribution in [0.5, 0.6) is 11.5 Å². The van der Waals surface area contributed by atoms with Crippen molar-refractivity contribution < 1.29 is 19.1 Å². The van der Waals surface area contributed by atoms with Gasteiger partial charge in [-0.1, -0.05) is 36.0 Å². The Kier molecular flexibility index (Phi) is 6.71. The van der Waals surface area contributed by atoms with E-state index in [2.05, 4.69) is 0 Å². The van der Waals surface area contributed by atoms with Crippen LogP contribution in [-0.4, -0.2) is 25.8 Å². The summed E-state index contributed by atoms with van der Waals surface area (Å²) in [7, 11) is 6.08. The number of rotatable bonds is 6. The summed E-state index contributed by atoms with van der Waals surface area (Å²) >= 11 is 1.42. The molecule has 2 aromatic rings. The average Bonchev–Trinajstić information content (AvgIpc) is 3.14. The first kappa shape index (κ1) is 19.7. The maximum absolute atomic E-state index is 12.4. The number of ketones is 2. The SMILES string of the molecule is COc1cccc(C(=O)/C=C2\SS/C(=C/C(=O)c3cccc(OC)c3)S2)c1. The van der Waals surface area contributed by atoms with Gasteiger partial charge in [-0.05, 0) is 45.9 Å². The van der Waals surface area contributed by atoms with E-state index in [1.54, 1.807) is 74.9 Å². The first-order valence-electron chi connectivity index (χ1n) is 7.91. The lowest BCUT2D eigenvalue weighted by Crippen LogP contribution is -1.96. The van der Waals surface area contributed by atoms with Crippen molar-refractivity contribution in [2.75, 3.05) is 14.2 Å². The number of hydrogen-bond donors (Lipinski definition) is 0. The van der Waals surface area contributed by atoms with Crippen molar-refractivity contribution in [1.82, 2.24) is 0 Å². The van der Waals surface area contributed by atoms with Gasteiger partial charge in [-0.25, -0.2) is 0 Å². The molecule has 4 nitrogen and oxygen atoms in total. The normalized spacial score (nSPS) is 16.5. The summed E-state index contributed by atoms with van der Waals surface area (Å²) in [6, 6.07) is 14.1. The Bertz CT molecular complexity index is 859. The van der Waals surface area contributed by atoms with E-state index in [1.165, 1.54) is 33.3 Å². The van der Waals surface area contributed by atoms with Crippen LogP contribution >= 0.6 is 33.3 Å². The van der Waals surface area contributed by atoms with Gasteiger partial charge in [-0.2, -0.15) is 0 Å². The summed E-state index contributed by atoms with van der Waals surface area (Å²) in [5, 5.41) is 0. The molecule has 0 amide bonds. The number of carbonyl (C=O) groups excluding carboxylic acids is 2. The van der Waals surface area contributed by atoms with Gasteiger partial charge in [-0.3, -0.25) is 9.59 Å². The fourth-order valence-corrected chi connectivity index (χ4v) is 6.24. The molecule has 0 radical (unpaired) electrons. The van der Waals surface area contributed by atoms with Crippen LogP contribution in [0.4, 0.5) is 0 Å². The largest absolute Gasteiger partial charge is 0.497 e. The third-order valence-corrected chi connectivity index (χ3v) is 7.86. The Morgan fingerprint density at radius 2 is 1.22 bits per heavy atom. The third kappa shape index (κ3) is 5.22. The van der Waals surface area contributed by atoms with E-state index < -0.39 is 0 Å². The van der Waals surface area contributed by atoms with Gasteiger partial charge in [-0.15, -0.1) is 0 Å². The minimum atomic E-state index is -0.0927. The second-order valence-electron chi connectivity index (χ2n) is 5.39. The van der Waals surface area contributed by atoms with E-state index in [1.807, 2.05) is 0 Å². The van der Waals surface area contributed by atoms with Crippen molar-refractivity contribution in [3.63, 3.8) is 0 Å². The zero-order chi connectivity index (χ0) is 19.2. The Morgan fingerprint density at radius 3 is 1.63 bits per heavy atom. The highest BCUT2D eigenvalue weighted by Gasteiger charge is 2.19.